The molecule has 1 heterocycles. The van der Waals surface area contributed by atoms with Crippen molar-refractivity contribution in [2.45, 2.75) is 38.5 Å². The minimum atomic E-state index is 0.0890. The van der Waals surface area contributed by atoms with Gasteiger partial charge in [-0.2, -0.15) is 0 Å². The van der Waals surface area contributed by atoms with Gasteiger partial charge in [0.25, 0.3) is 0 Å². The molecule has 2 rings (SSSR count). The summed E-state index contributed by atoms with van der Waals surface area (Å²) in [5.41, 5.74) is 5.99. The van der Waals surface area contributed by atoms with Gasteiger partial charge in [0.05, 0.1) is 6.26 Å². The van der Waals surface area contributed by atoms with Gasteiger partial charge in [-0.25, -0.2) is 0 Å². The van der Waals surface area contributed by atoms with Crippen LogP contribution in [0.25, 0.3) is 0 Å². The highest BCUT2D eigenvalue weighted by atomic mass is 16.3. The summed E-state index contributed by atoms with van der Waals surface area (Å²) >= 11 is 0. The topological polar surface area (TPSA) is 68.3 Å². The van der Waals surface area contributed by atoms with Crippen LogP contribution in [-0.2, 0) is 11.2 Å². The first-order valence-electron chi connectivity index (χ1n) is 6.73. The number of furan rings is 1. The fourth-order valence-electron chi connectivity index (χ4n) is 2.64. The van der Waals surface area contributed by atoms with E-state index >= 15 is 0 Å². The van der Waals surface area contributed by atoms with E-state index in [2.05, 4.69) is 5.32 Å². The van der Waals surface area contributed by atoms with Crippen LogP contribution in [0.4, 0.5) is 0 Å². The van der Waals surface area contributed by atoms with Crippen molar-refractivity contribution in [2.24, 2.45) is 11.1 Å². The van der Waals surface area contributed by atoms with Gasteiger partial charge in [0.15, 0.2) is 0 Å². The average Bonchev–Trinajstić information content (AvgIpc) is 3.06. The van der Waals surface area contributed by atoms with Gasteiger partial charge in [0.1, 0.15) is 5.76 Å². The molecule has 1 aliphatic rings. The molecule has 1 fully saturated rings. The molecular formula is C14H22N2O2. The zero-order chi connectivity index (χ0) is 12.8. The van der Waals surface area contributed by atoms with Crippen LogP contribution in [0.5, 0.6) is 0 Å². The molecule has 3 N–H and O–H groups in total. The third kappa shape index (κ3) is 3.35. The van der Waals surface area contributed by atoms with E-state index in [-0.39, 0.29) is 11.3 Å². The van der Waals surface area contributed by atoms with Crippen molar-refractivity contribution in [3.05, 3.63) is 24.2 Å². The van der Waals surface area contributed by atoms with E-state index < -0.39 is 0 Å². The smallest absolute Gasteiger partial charge is 0.220 e. The van der Waals surface area contributed by atoms with Crippen molar-refractivity contribution in [1.29, 1.82) is 0 Å². The number of amides is 1. The number of hydrogen-bond donors (Lipinski definition) is 2. The van der Waals surface area contributed by atoms with Crippen LogP contribution in [0.2, 0.25) is 0 Å². The Bertz CT molecular complexity index is 367. The summed E-state index contributed by atoms with van der Waals surface area (Å²) in [5, 5.41) is 3.02. The first kappa shape index (κ1) is 13.1. The number of nitrogens with two attached hydrogens (primary N) is 1. The van der Waals surface area contributed by atoms with Gasteiger partial charge in [-0.15, -0.1) is 0 Å². The molecule has 1 aliphatic carbocycles. The lowest BCUT2D eigenvalue weighted by molar-refractivity contribution is -0.121. The average molecular weight is 250 g/mol. The van der Waals surface area contributed by atoms with Crippen LogP contribution in [0.1, 0.15) is 37.9 Å². The molecule has 100 valence electrons. The lowest BCUT2D eigenvalue weighted by atomic mass is 9.86. The summed E-state index contributed by atoms with van der Waals surface area (Å²) in [6.07, 6.45) is 7.53. The predicted molar refractivity (Wildman–Crippen MR) is 70.0 cm³/mol. The number of carbonyl (C=O) groups is 1. The molecule has 0 bridgehead atoms. The van der Waals surface area contributed by atoms with E-state index in [0.29, 0.717) is 19.4 Å². The Morgan fingerprint density at radius 2 is 2.22 bits per heavy atom. The van der Waals surface area contributed by atoms with Gasteiger partial charge in [-0.05, 0) is 36.9 Å². The second kappa shape index (κ2) is 6.05. The number of rotatable bonds is 6. The third-order valence-corrected chi connectivity index (χ3v) is 3.94. The second-order valence-corrected chi connectivity index (χ2v) is 5.27. The summed E-state index contributed by atoms with van der Waals surface area (Å²) < 4.78 is 5.20. The van der Waals surface area contributed by atoms with E-state index in [1.54, 1.807) is 6.26 Å². The lowest BCUT2D eigenvalue weighted by Gasteiger charge is -2.27. The summed E-state index contributed by atoms with van der Waals surface area (Å²) in [5.74, 6) is 0.950. The van der Waals surface area contributed by atoms with Crippen molar-refractivity contribution in [3.63, 3.8) is 0 Å². The number of carbonyl (C=O) groups excluding carboxylic acids is 1. The van der Waals surface area contributed by atoms with Gasteiger partial charge in [-0.1, -0.05) is 12.8 Å². The molecular weight excluding hydrogens is 228 g/mol. The fraction of sp³-hybridized carbons (Fsp3) is 0.643. The molecule has 0 atom stereocenters. The molecule has 4 nitrogen and oxygen atoms in total. The highest BCUT2D eigenvalue weighted by molar-refractivity contribution is 5.76. The minimum absolute atomic E-state index is 0.0890. The number of hydrogen-bond acceptors (Lipinski definition) is 3. The summed E-state index contributed by atoms with van der Waals surface area (Å²) in [7, 11) is 0. The van der Waals surface area contributed by atoms with Crippen LogP contribution < -0.4 is 11.1 Å². The Hall–Kier alpha value is -1.29. The van der Waals surface area contributed by atoms with E-state index in [0.717, 1.165) is 25.1 Å². The van der Waals surface area contributed by atoms with Crippen molar-refractivity contribution in [2.75, 3.05) is 13.1 Å². The van der Waals surface area contributed by atoms with E-state index in [9.17, 15) is 4.79 Å². The second-order valence-electron chi connectivity index (χ2n) is 5.27. The number of aryl methyl sites for hydroxylation is 1. The lowest BCUT2D eigenvalue weighted by Crippen LogP contribution is -2.40. The SMILES string of the molecule is NCC1(CNC(=O)CCc2ccco2)CCCC1. The van der Waals surface area contributed by atoms with E-state index in [1.165, 1.54) is 12.8 Å². The maximum absolute atomic E-state index is 11.8. The summed E-state index contributed by atoms with van der Waals surface area (Å²) in [6.45, 7) is 1.39. The number of nitrogens with one attached hydrogen (secondary N) is 1. The van der Waals surface area contributed by atoms with Gasteiger partial charge in [0, 0.05) is 19.4 Å². The van der Waals surface area contributed by atoms with E-state index in [1.807, 2.05) is 12.1 Å². The van der Waals surface area contributed by atoms with Gasteiger partial charge in [-0.3, -0.25) is 4.79 Å². The largest absolute Gasteiger partial charge is 0.469 e. The van der Waals surface area contributed by atoms with Crippen LogP contribution in [0.15, 0.2) is 22.8 Å². The zero-order valence-corrected chi connectivity index (χ0v) is 10.8. The summed E-state index contributed by atoms with van der Waals surface area (Å²) in [6, 6.07) is 3.74. The fourth-order valence-corrected chi connectivity index (χ4v) is 2.64. The van der Waals surface area contributed by atoms with Crippen molar-refractivity contribution >= 4 is 5.91 Å². The molecule has 18 heavy (non-hydrogen) atoms. The molecule has 0 aromatic carbocycles. The highest BCUT2D eigenvalue weighted by Crippen LogP contribution is 2.36. The quantitative estimate of drug-likeness (QED) is 0.809. The minimum Gasteiger partial charge on any atom is -0.469 e. The van der Waals surface area contributed by atoms with Crippen molar-refractivity contribution in [3.8, 4) is 0 Å². The van der Waals surface area contributed by atoms with E-state index in [4.69, 9.17) is 10.2 Å². The Balaban J connectivity index is 1.71. The van der Waals surface area contributed by atoms with Crippen LogP contribution in [-0.4, -0.2) is 19.0 Å². The normalized spacial score (nSPS) is 17.8. The molecule has 1 aromatic heterocycles. The van der Waals surface area contributed by atoms with Gasteiger partial charge >= 0.3 is 0 Å². The first-order valence-corrected chi connectivity index (χ1v) is 6.73. The van der Waals surface area contributed by atoms with Crippen molar-refractivity contribution in [1.82, 2.24) is 5.32 Å². The van der Waals surface area contributed by atoms with Gasteiger partial charge < -0.3 is 15.5 Å². The molecule has 4 heteroatoms. The van der Waals surface area contributed by atoms with Crippen LogP contribution in [0, 0.1) is 5.41 Å². The van der Waals surface area contributed by atoms with Crippen LogP contribution >= 0.6 is 0 Å². The standard InChI is InChI=1S/C14H22N2O2/c15-10-14(7-1-2-8-14)11-16-13(17)6-5-12-4-3-9-18-12/h3-4,9H,1-2,5-8,10-11,15H2,(H,16,17). The zero-order valence-electron chi connectivity index (χ0n) is 10.8. The highest BCUT2D eigenvalue weighted by Gasteiger charge is 2.32. The predicted octanol–water partition coefficient (Wildman–Crippen LogP) is 1.85. The Kier molecular flexibility index (Phi) is 4.42. The molecule has 1 saturated carbocycles. The monoisotopic (exact) mass is 250 g/mol. The Morgan fingerprint density at radius 1 is 1.44 bits per heavy atom. The molecule has 0 unspecified atom stereocenters. The molecule has 0 radical (unpaired) electrons. The van der Waals surface area contributed by atoms with Crippen molar-refractivity contribution < 1.29 is 9.21 Å². The molecule has 1 amide bonds. The maximum atomic E-state index is 11.8. The Labute approximate surface area is 108 Å². The third-order valence-electron chi connectivity index (χ3n) is 3.94. The maximum Gasteiger partial charge on any atom is 0.220 e. The molecule has 0 aliphatic heterocycles. The Morgan fingerprint density at radius 3 is 2.83 bits per heavy atom. The molecule has 0 saturated heterocycles. The first-order chi connectivity index (χ1) is 8.74. The van der Waals surface area contributed by atoms with Gasteiger partial charge in [0.2, 0.25) is 5.91 Å². The molecule has 0 spiro atoms. The van der Waals surface area contributed by atoms with Crippen LogP contribution in [0.3, 0.4) is 0 Å². The summed E-state index contributed by atoms with van der Waals surface area (Å²) in [4.78, 5) is 11.8. The molecule has 1 aromatic rings.